The van der Waals surface area contributed by atoms with Crippen LogP contribution < -0.4 is 10.6 Å². The molecule has 1 atom stereocenters. The molecule has 0 saturated heterocycles. The standard InChI is InChI=1S/C14H23N3O2/c1-4-6-15-12-5-7-16-13(8-12)14(18)17-9-11(2)10-19-3/h5,7-8,11H,4,6,9-10H2,1-3H3,(H,15,16)(H,17,18). The van der Waals surface area contributed by atoms with Gasteiger partial charge in [-0.1, -0.05) is 13.8 Å². The van der Waals surface area contributed by atoms with Crippen molar-refractivity contribution in [1.82, 2.24) is 10.3 Å². The van der Waals surface area contributed by atoms with E-state index in [0.29, 0.717) is 18.8 Å². The predicted molar refractivity (Wildman–Crippen MR) is 76.4 cm³/mol. The van der Waals surface area contributed by atoms with Gasteiger partial charge in [-0.05, 0) is 24.5 Å². The molecular weight excluding hydrogens is 242 g/mol. The number of ether oxygens (including phenoxy) is 1. The molecule has 1 rings (SSSR count). The number of carbonyl (C=O) groups excluding carboxylic acids is 1. The van der Waals surface area contributed by atoms with E-state index >= 15 is 0 Å². The van der Waals surface area contributed by atoms with Gasteiger partial charge >= 0.3 is 0 Å². The summed E-state index contributed by atoms with van der Waals surface area (Å²) in [7, 11) is 1.66. The summed E-state index contributed by atoms with van der Waals surface area (Å²) >= 11 is 0. The zero-order valence-corrected chi connectivity index (χ0v) is 11.9. The number of methoxy groups -OCH3 is 1. The zero-order chi connectivity index (χ0) is 14.1. The first kappa shape index (κ1) is 15.4. The number of nitrogens with one attached hydrogen (secondary N) is 2. The highest BCUT2D eigenvalue weighted by Gasteiger charge is 2.09. The molecule has 19 heavy (non-hydrogen) atoms. The van der Waals surface area contributed by atoms with Gasteiger partial charge in [-0.15, -0.1) is 0 Å². The molecule has 106 valence electrons. The molecule has 1 aromatic heterocycles. The Hall–Kier alpha value is -1.62. The van der Waals surface area contributed by atoms with E-state index in [0.717, 1.165) is 18.7 Å². The van der Waals surface area contributed by atoms with E-state index in [1.54, 1.807) is 19.4 Å². The molecule has 5 heteroatoms. The summed E-state index contributed by atoms with van der Waals surface area (Å²) in [5.74, 6) is 0.137. The second-order valence-electron chi connectivity index (χ2n) is 4.63. The average Bonchev–Trinajstić information content (AvgIpc) is 2.43. The summed E-state index contributed by atoms with van der Waals surface area (Å²) in [6, 6.07) is 3.63. The number of hydrogen-bond donors (Lipinski definition) is 2. The number of aromatic nitrogens is 1. The summed E-state index contributed by atoms with van der Waals surface area (Å²) in [5.41, 5.74) is 1.36. The summed E-state index contributed by atoms with van der Waals surface area (Å²) in [6.45, 7) is 6.22. The van der Waals surface area contributed by atoms with Crippen LogP contribution in [0.2, 0.25) is 0 Å². The largest absolute Gasteiger partial charge is 0.385 e. The molecule has 1 amide bonds. The molecule has 0 aliphatic heterocycles. The second-order valence-corrected chi connectivity index (χ2v) is 4.63. The molecule has 0 aromatic carbocycles. The van der Waals surface area contributed by atoms with Gasteiger partial charge in [-0.2, -0.15) is 0 Å². The first-order valence-electron chi connectivity index (χ1n) is 6.64. The van der Waals surface area contributed by atoms with Gasteiger partial charge in [-0.25, -0.2) is 0 Å². The van der Waals surface area contributed by atoms with Gasteiger partial charge in [0, 0.05) is 32.1 Å². The fourth-order valence-electron chi connectivity index (χ4n) is 1.63. The molecular formula is C14H23N3O2. The lowest BCUT2D eigenvalue weighted by Gasteiger charge is -2.11. The molecule has 0 aliphatic carbocycles. The highest BCUT2D eigenvalue weighted by molar-refractivity contribution is 5.93. The van der Waals surface area contributed by atoms with Crippen LogP contribution in [0.3, 0.4) is 0 Å². The molecule has 0 fully saturated rings. The molecule has 1 unspecified atom stereocenters. The third-order valence-electron chi connectivity index (χ3n) is 2.63. The minimum Gasteiger partial charge on any atom is -0.385 e. The summed E-state index contributed by atoms with van der Waals surface area (Å²) in [5, 5.41) is 6.09. The Labute approximate surface area is 114 Å². The highest BCUT2D eigenvalue weighted by atomic mass is 16.5. The first-order valence-corrected chi connectivity index (χ1v) is 6.64. The number of nitrogens with zero attached hydrogens (tertiary/aromatic N) is 1. The molecule has 2 N–H and O–H groups in total. The van der Waals surface area contributed by atoms with Gasteiger partial charge in [0.2, 0.25) is 0 Å². The van der Waals surface area contributed by atoms with Gasteiger partial charge in [0.25, 0.3) is 5.91 Å². The van der Waals surface area contributed by atoms with E-state index in [4.69, 9.17) is 4.74 Å². The van der Waals surface area contributed by atoms with Gasteiger partial charge < -0.3 is 15.4 Å². The Morgan fingerprint density at radius 1 is 1.53 bits per heavy atom. The number of pyridine rings is 1. The van der Waals surface area contributed by atoms with Crippen LogP contribution >= 0.6 is 0 Å². The first-order chi connectivity index (χ1) is 9.17. The molecule has 0 radical (unpaired) electrons. The predicted octanol–water partition coefficient (Wildman–Crippen LogP) is 1.92. The van der Waals surface area contributed by atoms with Crippen molar-refractivity contribution in [2.75, 3.05) is 32.1 Å². The van der Waals surface area contributed by atoms with E-state index in [-0.39, 0.29) is 11.8 Å². The Balaban J connectivity index is 2.51. The van der Waals surface area contributed by atoms with Crippen molar-refractivity contribution in [3.05, 3.63) is 24.0 Å². The van der Waals surface area contributed by atoms with E-state index in [9.17, 15) is 4.79 Å². The van der Waals surface area contributed by atoms with E-state index in [1.165, 1.54) is 0 Å². The topological polar surface area (TPSA) is 63.2 Å². The zero-order valence-electron chi connectivity index (χ0n) is 11.9. The smallest absolute Gasteiger partial charge is 0.269 e. The van der Waals surface area contributed by atoms with Crippen LogP contribution in [-0.4, -0.2) is 37.7 Å². The van der Waals surface area contributed by atoms with E-state index in [2.05, 4.69) is 22.5 Å². The molecule has 0 saturated carbocycles. The lowest BCUT2D eigenvalue weighted by atomic mass is 10.2. The fourth-order valence-corrected chi connectivity index (χ4v) is 1.63. The van der Waals surface area contributed by atoms with Crippen molar-refractivity contribution >= 4 is 11.6 Å². The molecule has 0 bridgehead atoms. The maximum absolute atomic E-state index is 11.9. The number of carbonyl (C=O) groups is 1. The SMILES string of the molecule is CCCNc1ccnc(C(=O)NCC(C)COC)c1. The maximum atomic E-state index is 11.9. The van der Waals surface area contributed by atoms with Crippen molar-refractivity contribution in [2.24, 2.45) is 5.92 Å². The number of anilines is 1. The van der Waals surface area contributed by atoms with Crippen molar-refractivity contribution in [2.45, 2.75) is 20.3 Å². The van der Waals surface area contributed by atoms with Crippen LogP contribution in [0.15, 0.2) is 18.3 Å². The van der Waals surface area contributed by atoms with Crippen LogP contribution in [0.1, 0.15) is 30.8 Å². The molecule has 0 aliphatic rings. The average molecular weight is 265 g/mol. The number of rotatable bonds is 8. The summed E-state index contributed by atoms with van der Waals surface area (Å²) in [6.07, 6.45) is 2.68. The van der Waals surface area contributed by atoms with Crippen LogP contribution in [0.5, 0.6) is 0 Å². The normalized spacial score (nSPS) is 11.9. The van der Waals surface area contributed by atoms with Crippen LogP contribution in [-0.2, 0) is 4.74 Å². The number of hydrogen-bond acceptors (Lipinski definition) is 4. The highest BCUT2D eigenvalue weighted by Crippen LogP contribution is 2.08. The Morgan fingerprint density at radius 2 is 2.32 bits per heavy atom. The van der Waals surface area contributed by atoms with Gasteiger partial charge in [0.05, 0.1) is 6.61 Å². The second kappa shape index (κ2) is 8.48. The number of amides is 1. The van der Waals surface area contributed by atoms with Crippen LogP contribution in [0.25, 0.3) is 0 Å². The molecule has 0 spiro atoms. The third-order valence-corrected chi connectivity index (χ3v) is 2.63. The molecule has 1 heterocycles. The monoisotopic (exact) mass is 265 g/mol. The maximum Gasteiger partial charge on any atom is 0.269 e. The van der Waals surface area contributed by atoms with E-state index in [1.807, 2.05) is 13.0 Å². The minimum atomic E-state index is -0.150. The van der Waals surface area contributed by atoms with Gasteiger partial charge in [-0.3, -0.25) is 9.78 Å². The minimum absolute atomic E-state index is 0.150. The Morgan fingerprint density at radius 3 is 3.00 bits per heavy atom. The van der Waals surface area contributed by atoms with Gasteiger partial charge in [0.1, 0.15) is 5.69 Å². The third kappa shape index (κ3) is 5.70. The van der Waals surface area contributed by atoms with Crippen molar-refractivity contribution in [3.8, 4) is 0 Å². The summed E-state index contributed by atoms with van der Waals surface area (Å²) < 4.78 is 5.03. The molecule has 5 nitrogen and oxygen atoms in total. The quantitative estimate of drug-likeness (QED) is 0.753. The van der Waals surface area contributed by atoms with E-state index < -0.39 is 0 Å². The molecule has 1 aromatic rings. The Bertz CT molecular complexity index is 396. The van der Waals surface area contributed by atoms with Crippen molar-refractivity contribution in [1.29, 1.82) is 0 Å². The van der Waals surface area contributed by atoms with Gasteiger partial charge in [0.15, 0.2) is 0 Å². The Kier molecular flexibility index (Phi) is 6.89. The van der Waals surface area contributed by atoms with Crippen molar-refractivity contribution in [3.63, 3.8) is 0 Å². The van der Waals surface area contributed by atoms with Crippen LogP contribution in [0, 0.1) is 5.92 Å². The fraction of sp³-hybridized carbons (Fsp3) is 0.571. The van der Waals surface area contributed by atoms with Crippen molar-refractivity contribution < 1.29 is 9.53 Å². The lowest BCUT2D eigenvalue weighted by Crippen LogP contribution is -2.30. The summed E-state index contributed by atoms with van der Waals surface area (Å²) in [4.78, 5) is 16.0. The van der Waals surface area contributed by atoms with Crippen LogP contribution in [0.4, 0.5) is 5.69 Å². The lowest BCUT2D eigenvalue weighted by molar-refractivity contribution is 0.0929.